The lowest BCUT2D eigenvalue weighted by Gasteiger charge is -2.08. The first-order valence-corrected chi connectivity index (χ1v) is 9.54. The van der Waals surface area contributed by atoms with E-state index in [2.05, 4.69) is 16.0 Å². The number of ether oxygens (including phenoxy) is 1. The van der Waals surface area contributed by atoms with E-state index in [0.29, 0.717) is 37.6 Å². The van der Waals surface area contributed by atoms with Gasteiger partial charge in [0.2, 0.25) is 0 Å². The fraction of sp³-hybridized carbons (Fsp3) is 0.261. The van der Waals surface area contributed by atoms with E-state index in [1.807, 2.05) is 43.3 Å². The summed E-state index contributed by atoms with van der Waals surface area (Å²) in [5.41, 5.74) is 2.87. The van der Waals surface area contributed by atoms with Crippen LogP contribution in [-0.4, -0.2) is 32.4 Å². The third-order valence-corrected chi connectivity index (χ3v) is 4.42. The summed E-state index contributed by atoms with van der Waals surface area (Å²) in [6, 6.07) is 15.1. The van der Waals surface area contributed by atoms with Gasteiger partial charge in [0.25, 0.3) is 0 Å². The summed E-state index contributed by atoms with van der Waals surface area (Å²) >= 11 is 0. The number of carboxylic acid groups (broad SMARTS) is 1. The Bertz CT molecular complexity index is 1020. The molecular formula is C23H23N3O3. The number of benzene rings is 2. The number of hydrogen-bond donors (Lipinski definition) is 1. The molecular weight excluding hydrogens is 366 g/mol. The zero-order valence-electron chi connectivity index (χ0n) is 16.3. The van der Waals surface area contributed by atoms with Crippen LogP contribution in [0.3, 0.4) is 0 Å². The molecule has 3 aromatic rings. The highest BCUT2D eigenvalue weighted by Gasteiger charge is 2.13. The van der Waals surface area contributed by atoms with E-state index in [1.54, 1.807) is 16.8 Å². The van der Waals surface area contributed by atoms with E-state index in [1.165, 1.54) is 0 Å². The number of carboxylic acids is 1. The van der Waals surface area contributed by atoms with Crippen molar-refractivity contribution in [2.45, 2.75) is 32.7 Å². The normalized spacial score (nSPS) is 10.5. The second-order valence-electron chi connectivity index (χ2n) is 6.56. The SMILES string of the molecule is C#CCCn1nc(OCCC)nc1Cc1ccc(-c2ccccc2C(=O)O)cc1. The molecule has 2 aromatic carbocycles. The Kier molecular flexibility index (Phi) is 6.64. The van der Waals surface area contributed by atoms with Crippen molar-refractivity contribution < 1.29 is 14.6 Å². The van der Waals surface area contributed by atoms with Crippen LogP contribution in [0, 0.1) is 12.3 Å². The molecule has 0 bridgehead atoms. The van der Waals surface area contributed by atoms with Crippen LogP contribution in [0.1, 0.15) is 41.5 Å². The Morgan fingerprint density at radius 3 is 2.66 bits per heavy atom. The number of carbonyl (C=O) groups is 1. The Morgan fingerprint density at radius 1 is 1.21 bits per heavy atom. The molecule has 0 saturated heterocycles. The highest BCUT2D eigenvalue weighted by atomic mass is 16.5. The number of aromatic nitrogens is 3. The molecule has 0 aliphatic carbocycles. The molecule has 0 fully saturated rings. The first-order chi connectivity index (χ1) is 14.1. The third kappa shape index (κ3) is 5.02. The number of terminal acetylenes is 1. The summed E-state index contributed by atoms with van der Waals surface area (Å²) in [4.78, 5) is 16.0. The molecule has 0 amide bonds. The molecule has 0 radical (unpaired) electrons. The van der Waals surface area contributed by atoms with Crippen LogP contribution >= 0.6 is 0 Å². The maximum atomic E-state index is 11.5. The van der Waals surface area contributed by atoms with Crippen molar-refractivity contribution in [3.05, 3.63) is 65.5 Å². The van der Waals surface area contributed by atoms with Crippen LogP contribution in [0.2, 0.25) is 0 Å². The topological polar surface area (TPSA) is 77.2 Å². The van der Waals surface area contributed by atoms with Gasteiger partial charge in [0, 0.05) is 12.8 Å². The number of hydrogen-bond acceptors (Lipinski definition) is 4. The van der Waals surface area contributed by atoms with Crippen molar-refractivity contribution >= 4 is 5.97 Å². The Morgan fingerprint density at radius 2 is 1.97 bits per heavy atom. The first-order valence-electron chi connectivity index (χ1n) is 9.54. The zero-order valence-corrected chi connectivity index (χ0v) is 16.3. The number of nitrogens with zero attached hydrogens (tertiary/aromatic N) is 3. The van der Waals surface area contributed by atoms with Gasteiger partial charge in [-0.15, -0.1) is 17.4 Å². The molecule has 1 aromatic heterocycles. The lowest BCUT2D eigenvalue weighted by molar-refractivity contribution is 0.0697. The van der Waals surface area contributed by atoms with Crippen molar-refractivity contribution in [2.75, 3.05) is 6.61 Å². The smallest absolute Gasteiger partial charge is 0.336 e. The van der Waals surface area contributed by atoms with Gasteiger partial charge in [0.1, 0.15) is 5.82 Å². The maximum absolute atomic E-state index is 11.5. The average molecular weight is 389 g/mol. The van der Waals surface area contributed by atoms with Crippen molar-refractivity contribution in [1.29, 1.82) is 0 Å². The van der Waals surface area contributed by atoms with E-state index in [9.17, 15) is 9.90 Å². The van der Waals surface area contributed by atoms with Crippen molar-refractivity contribution in [3.63, 3.8) is 0 Å². The largest absolute Gasteiger partial charge is 0.478 e. The molecule has 29 heavy (non-hydrogen) atoms. The number of aryl methyl sites for hydroxylation is 1. The van der Waals surface area contributed by atoms with Gasteiger partial charge in [0.05, 0.1) is 18.7 Å². The summed E-state index contributed by atoms with van der Waals surface area (Å²) in [6.07, 6.45) is 7.41. The van der Waals surface area contributed by atoms with E-state index in [0.717, 1.165) is 23.4 Å². The highest BCUT2D eigenvalue weighted by Crippen LogP contribution is 2.25. The minimum atomic E-state index is -0.939. The first kappa shape index (κ1) is 20.2. The van der Waals surface area contributed by atoms with Crippen molar-refractivity contribution in [1.82, 2.24) is 14.8 Å². The lowest BCUT2D eigenvalue weighted by atomic mass is 9.98. The molecule has 0 spiro atoms. The highest BCUT2D eigenvalue weighted by molar-refractivity contribution is 5.95. The average Bonchev–Trinajstić information content (AvgIpc) is 3.12. The van der Waals surface area contributed by atoms with Gasteiger partial charge < -0.3 is 9.84 Å². The molecule has 6 nitrogen and oxygen atoms in total. The Hall–Kier alpha value is -3.59. The predicted molar refractivity (Wildman–Crippen MR) is 111 cm³/mol. The van der Waals surface area contributed by atoms with E-state index in [-0.39, 0.29) is 5.56 Å². The van der Waals surface area contributed by atoms with Crippen LogP contribution < -0.4 is 4.74 Å². The quantitative estimate of drug-likeness (QED) is 0.559. The Balaban J connectivity index is 1.82. The van der Waals surface area contributed by atoms with E-state index in [4.69, 9.17) is 11.2 Å². The predicted octanol–water partition coefficient (Wildman–Crippen LogP) is 4.05. The third-order valence-electron chi connectivity index (χ3n) is 4.42. The molecule has 0 unspecified atom stereocenters. The van der Waals surface area contributed by atoms with Gasteiger partial charge >= 0.3 is 12.0 Å². The molecule has 0 saturated carbocycles. The van der Waals surface area contributed by atoms with Gasteiger partial charge in [-0.25, -0.2) is 9.48 Å². The van der Waals surface area contributed by atoms with Crippen LogP contribution in [0.15, 0.2) is 48.5 Å². The van der Waals surface area contributed by atoms with Crippen molar-refractivity contribution in [3.8, 4) is 29.5 Å². The molecule has 6 heteroatoms. The van der Waals surface area contributed by atoms with Gasteiger partial charge in [-0.2, -0.15) is 4.98 Å². The van der Waals surface area contributed by atoms with Gasteiger partial charge in [-0.1, -0.05) is 49.4 Å². The summed E-state index contributed by atoms with van der Waals surface area (Å²) < 4.78 is 7.35. The minimum absolute atomic E-state index is 0.284. The molecule has 1 N–H and O–H groups in total. The molecule has 148 valence electrons. The molecule has 0 atom stereocenters. The fourth-order valence-electron chi connectivity index (χ4n) is 2.99. The molecule has 0 aliphatic rings. The maximum Gasteiger partial charge on any atom is 0.336 e. The van der Waals surface area contributed by atoms with Crippen molar-refractivity contribution in [2.24, 2.45) is 0 Å². The number of aromatic carboxylic acids is 1. The monoisotopic (exact) mass is 389 g/mol. The Labute approximate surface area is 170 Å². The van der Waals surface area contributed by atoms with Crippen LogP contribution in [-0.2, 0) is 13.0 Å². The number of rotatable bonds is 9. The van der Waals surface area contributed by atoms with Gasteiger partial charge in [-0.3, -0.25) is 0 Å². The van der Waals surface area contributed by atoms with Crippen LogP contribution in [0.4, 0.5) is 0 Å². The molecule has 1 heterocycles. The fourth-order valence-corrected chi connectivity index (χ4v) is 2.99. The zero-order chi connectivity index (χ0) is 20.6. The molecule has 0 aliphatic heterocycles. The second-order valence-corrected chi connectivity index (χ2v) is 6.56. The van der Waals surface area contributed by atoms with Gasteiger partial charge in [-0.05, 0) is 29.2 Å². The second kappa shape index (κ2) is 9.56. The summed E-state index contributed by atoms with van der Waals surface area (Å²) in [5.74, 6) is 2.47. The standard InChI is InChI=1S/C23H23N3O3/c1-3-5-14-26-21(24-23(25-26)29-15-4-2)16-17-10-12-18(13-11-17)19-8-6-7-9-20(19)22(27)28/h1,6-13H,4-5,14-16H2,2H3,(H,27,28). The molecule has 3 rings (SSSR count). The minimum Gasteiger partial charge on any atom is -0.478 e. The van der Waals surface area contributed by atoms with E-state index < -0.39 is 5.97 Å². The van der Waals surface area contributed by atoms with Crippen LogP contribution in [0.5, 0.6) is 6.01 Å². The lowest BCUT2D eigenvalue weighted by Crippen LogP contribution is -2.06. The van der Waals surface area contributed by atoms with E-state index >= 15 is 0 Å². The van der Waals surface area contributed by atoms with Crippen LogP contribution in [0.25, 0.3) is 11.1 Å². The summed E-state index contributed by atoms with van der Waals surface area (Å²) in [7, 11) is 0. The summed E-state index contributed by atoms with van der Waals surface area (Å²) in [5, 5.41) is 13.8. The van der Waals surface area contributed by atoms with Gasteiger partial charge in [0.15, 0.2) is 0 Å². The summed E-state index contributed by atoms with van der Waals surface area (Å²) in [6.45, 7) is 3.18.